The van der Waals surface area contributed by atoms with Crippen molar-refractivity contribution in [2.45, 2.75) is 45.7 Å². The number of fused-ring (bicyclic) bond motifs is 1. The van der Waals surface area contributed by atoms with Crippen LogP contribution in [0.2, 0.25) is 0 Å². The van der Waals surface area contributed by atoms with Crippen molar-refractivity contribution in [3.05, 3.63) is 57.0 Å². The third-order valence-electron chi connectivity index (χ3n) is 4.72. The molecule has 0 fully saturated rings. The van der Waals surface area contributed by atoms with Crippen molar-refractivity contribution in [1.29, 1.82) is 0 Å². The molecule has 2 aromatic rings. The quantitative estimate of drug-likeness (QED) is 0.868. The maximum Gasteiger partial charge on any atom is 0.251 e. The van der Waals surface area contributed by atoms with E-state index in [1.165, 1.54) is 28.6 Å². The molecule has 1 aliphatic rings. The summed E-state index contributed by atoms with van der Waals surface area (Å²) in [4.78, 5) is 28.7. The summed E-state index contributed by atoms with van der Waals surface area (Å²) in [6.45, 7) is 4.89. The number of hydrogen-bond donors (Lipinski definition) is 1. The molecule has 0 radical (unpaired) electrons. The van der Waals surface area contributed by atoms with Gasteiger partial charge in [-0.1, -0.05) is 13.3 Å². The van der Waals surface area contributed by atoms with Crippen molar-refractivity contribution in [2.75, 3.05) is 6.54 Å². The van der Waals surface area contributed by atoms with Crippen LogP contribution in [0, 0.1) is 12.7 Å². The van der Waals surface area contributed by atoms with E-state index in [9.17, 15) is 14.0 Å². The van der Waals surface area contributed by atoms with E-state index in [1.807, 2.05) is 11.8 Å². The number of nitrogens with zero attached hydrogens (tertiary/aromatic N) is 1. The van der Waals surface area contributed by atoms with Gasteiger partial charge in [0.15, 0.2) is 0 Å². The second-order valence-corrected chi connectivity index (χ2v) is 7.66. The Morgan fingerprint density at radius 1 is 1.35 bits per heavy atom. The highest BCUT2D eigenvalue weighted by Crippen LogP contribution is 2.24. The van der Waals surface area contributed by atoms with E-state index in [-0.39, 0.29) is 17.6 Å². The maximum atomic E-state index is 13.4. The Hall–Kier alpha value is -2.21. The fourth-order valence-corrected chi connectivity index (χ4v) is 4.12. The van der Waals surface area contributed by atoms with Crippen LogP contribution >= 0.6 is 11.3 Å². The lowest BCUT2D eigenvalue weighted by atomic mass is 10.1. The van der Waals surface area contributed by atoms with Crippen molar-refractivity contribution < 1.29 is 14.0 Å². The minimum absolute atomic E-state index is 0.0455. The molecule has 3 rings (SSSR count). The van der Waals surface area contributed by atoms with Crippen molar-refractivity contribution >= 4 is 23.2 Å². The fourth-order valence-electron chi connectivity index (χ4n) is 3.23. The van der Waals surface area contributed by atoms with E-state index < -0.39 is 6.04 Å². The van der Waals surface area contributed by atoms with Gasteiger partial charge in [-0.2, -0.15) is 0 Å². The van der Waals surface area contributed by atoms with Gasteiger partial charge in [0.1, 0.15) is 11.9 Å². The molecule has 1 unspecified atom stereocenters. The summed E-state index contributed by atoms with van der Waals surface area (Å²) in [6, 6.07) is 5.75. The Morgan fingerprint density at radius 2 is 2.15 bits per heavy atom. The molecule has 1 N–H and O–H groups in total. The summed E-state index contributed by atoms with van der Waals surface area (Å²) in [6.07, 6.45) is 2.23. The van der Waals surface area contributed by atoms with Crippen molar-refractivity contribution in [3.8, 4) is 0 Å². The molecule has 6 heteroatoms. The lowest BCUT2D eigenvalue weighted by Gasteiger charge is -2.31. The molecule has 4 nitrogen and oxygen atoms in total. The van der Waals surface area contributed by atoms with Gasteiger partial charge >= 0.3 is 0 Å². The second-order valence-electron chi connectivity index (χ2n) is 6.66. The van der Waals surface area contributed by atoms with Crippen LogP contribution in [0.15, 0.2) is 29.6 Å². The number of carbonyl (C=O) groups excluding carboxylic acids is 2. The molecule has 1 aromatic carbocycles. The molecule has 0 bridgehead atoms. The van der Waals surface area contributed by atoms with E-state index >= 15 is 0 Å². The summed E-state index contributed by atoms with van der Waals surface area (Å²) in [5, 5.41) is 4.90. The number of aryl methyl sites for hydroxylation is 1. The molecule has 26 heavy (non-hydrogen) atoms. The topological polar surface area (TPSA) is 49.4 Å². The first kappa shape index (κ1) is 18.6. The van der Waals surface area contributed by atoms with Crippen LogP contribution in [0.25, 0.3) is 0 Å². The summed E-state index contributed by atoms with van der Waals surface area (Å²) >= 11 is 1.73. The number of benzene rings is 1. The van der Waals surface area contributed by atoms with E-state index in [4.69, 9.17) is 0 Å². The zero-order valence-electron chi connectivity index (χ0n) is 15.0. The number of amides is 2. The smallest absolute Gasteiger partial charge is 0.251 e. The van der Waals surface area contributed by atoms with Crippen LogP contribution < -0.4 is 5.32 Å². The van der Waals surface area contributed by atoms with Gasteiger partial charge < -0.3 is 10.2 Å². The average Bonchev–Trinajstić information content (AvgIpc) is 3.10. The van der Waals surface area contributed by atoms with Crippen LogP contribution in [-0.4, -0.2) is 29.3 Å². The lowest BCUT2D eigenvalue weighted by Crippen LogP contribution is -2.49. The molecule has 2 heterocycles. The van der Waals surface area contributed by atoms with Gasteiger partial charge in [-0.05, 0) is 60.5 Å². The highest BCUT2D eigenvalue weighted by Gasteiger charge is 2.28. The van der Waals surface area contributed by atoms with Crippen molar-refractivity contribution in [2.24, 2.45) is 0 Å². The van der Waals surface area contributed by atoms with Gasteiger partial charge in [0, 0.05) is 23.5 Å². The highest BCUT2D eigenvalue weighted by molar-refractivity contribution is 7.10. The molecular formula is C20H23FN2O2S. The molecule has 0 saturated carbocycles. The van der Waals surface area contributed by atoms with Gasteiger partial charge in [0.25, 0.3) is 5.91 Å². The first-order chi connectivity index (χ1) is 12.5. The number of nitrogens with one attached hydrogen (secondary N) is 1. The third-order valence-corrected chi connectivity index (χ3v) is 5.74. The normalized spacial score (nSPS) is 14.7. The Bertz CT molecular complexity index is 818. The Labute approximate surface area is 157 Å². The average molecular weight is 374 g/mol. The molecule has 2 amide bonds. The van der Waals surface area contributed by atoms with Crippen LogP contribution in [0.1, 0.15) is 46.1 Å². The molecule has 1 atom stereocenters. The van der Waals surface area contributed by atoms with Gasteiger partial charge in [-0.15, -0.1) is 11.3 Å². The van der Waals surface area contributed by atoms with E-state index in [2.05, 4.69) is 16.8 Å². The molecule has 0 aliphatic carbocycles. The molecule has 0 saturated heterocycles. The summed E-state index contributed by atoms with van der Waals surface area (Å²) in [5.41, 5.74) is 1.99. The monoisotopic (exact) mass is 374 g/mol. The first-order valence-electron chi connectivity index (χ1n) is 8.90. The standard InChI is InChI=1S/C20H23FN2O2S/c1-3-4-17(22-19(24)14-5-6-16(21)13(2)11-14)20(25)23-9-7-18-15(12-23)8-10-26-18/h5-6,8,10-11,17H,3-4,7,9,12H2,1-2H3,(H,22,24). The van der Waals surface area contributed by atoms with Crippen LogP contribution in [-0.2, 0) is 17.8 Å². The minimum atomic E-state index is -0.557. The van der Waals surface area contributed by atoms with Gasteiger partial charge in [0.05, 0.1) is 0 Å². The van der Waals surface area contributed by atoms with E-state index in [0.717, 1.165) is 12.8 Å². The minimum Gasteiger partial charge on any atom is -0.340 e. The summed E-state index contributed by atoms with van der Waals surface area (Å²) in [7, 11) is 0. The molecule has 138 valence electrons. The highest BCUT2D eigenvalue weighted by atomic mass is 32.1. The summed E-state index contributed by atoms with van der Waals surface area (Å²) < 4.78 is 13.4. The Kier molecular flexibility index (Phi) is 5.71. The lowest BCUT2D eigenvalue weighted by molar-refractivity contribution is -0.134. The number of hydrogen-bond acceptors (Lipinski definition) is 3. The van der Waals surface area contributed by atoms with E-state index in [1.54, 1.807) is 18.3 Å². The largest absolute Gasteiger partial charge is 0.340 e. The van der Waals surface area contributed by atoms with Crippen molar-refractivity contribution in [1.82, 2.24) is 10.2 Å². The molecule has 1 aliphatic heterocycles. The number of rotatable bonds is 5. The Balaban J connectivity index is 1.71. The zero-order valence-corrected chi connectivity index (χ0v) is 15.9. The maximum absolute atomic E-state index is 13.4. The second kappa shape index (κ2) is 7.99. The van der Waals surface area contributed by atoms with Gasteiger partial charge in [-0.3, -0.25) is 9.59 Å². The Morgan fingerprint density at radius 3 is 2.88 bits per heavy atom. The predicted octanol–water partition coefficient (Wildman–Crippen LogP) is 3.68. The van der Waals surface area contributed by atoms with E-state index in [0.29, 0.717) is 30.6 Å². The number of halogens is 1. The fraction of sp³-hybridized carbons (Fsp3) is 0.400. The first-order valence-corrected chi connectivity index (χ1v) is 9.78. The van der Waals surface area contributed by atoms with Crippen LogP contribution in [0.3, 0.4) is 0 Å². The van der Waals surface area contributed by atoms with Crippen molar-refractivity contribution in [3.63, 3.8) is 0 Å². The van der Waals surface area contributed by atoms with Crippen LogP contribution in [0.5, 0.6) is 0 Å². The zero-order chi connectivity index (χ0) is 18.7. The van der Waals surface area contributed by atoms with Gasteiger partial charge in [0.2, 0.25) is 5.91 Å². The predicted molar refractivity (Wildman–Crippen MR) is 101 cm³/mol. The third kappa shape index (κ3) is 3.96. The summed E-state index contributed by atoms with van der Waals surface area (Å²) in [5.74, 6) is -0.730. The SMILES string of the molecule is CCCC(NC(=O)c1ccc(F)c(C)c1)C(=O)N1CCc2sccc2C1. The van der Waals surface area contributed by atoms with Crippen LogP contribution in [0.4, 0.5) is 4.39 Å². The molecule has 1 aromatic heterocycles. The van der Waals surface area contributed by atoms with Gasteiger partial charge in [-0.25, -0.2) is 4.39 Å². The number of carbonyl (C=O) groups is 2. The molecular weight excluding hydrogens is 351 g/mol. The number of thiophene rings is 1. The molecule has 0 spiro atoms.